The molecule has 0 aromatic carbocycles. The molecule has 0 amide bonds. The SMILES string of the molecule is C[C@@H](O)CCCN1CCCC1. The summed E-state index contributed by atoms with van der Waals surface area (Å²) in [6.45, 7) is 5.61. The highest BCUT2D eigenvalue weighted by atomic mass is 16.3. The molecule has 1 saturated heterocycles. The molecular weight excluding hydrogens is 138 g/mol. The van der Waals surface area contributed by atoms with Gasteiger partial charge in [-0.2, -0.15) is 0 Å². The van der Waals surface area contributed by atoms with E-state index in [1.807, 2.05) is 6.92 Å². The summed E-state index contributed by atoms with van der Waals surface area (Å²) in [6, 6.07) is 0. The molecule has 1 atom stereocenters. The van der Waals surface area contributed by atoms with Crippen LogP contribution in [0.4, 0.5) is 0 Å². The Morgan fingerprint density at radius 2 is 2.00 bits per heavy atom. The van der Waals surface area contributed by atoms with E-state index in [-0.39, 0.29) is 6.10 Å². The summed E-state index contributed by atoms with van der Waals surface area (Å²) in [7, 11) is 0. The zero-order valence-corrected chi connectivity index (χ0v) is 7.42. The minimum Gasteiger partial charge on any atom is -0.393 e. The summed E-state index contributed by atoms with van der Waals surface area (Å²) in [5, 5.41) is 9.01. The second-order valence-corrected chi connectivity index (χ2v) is 3.54. The molecule has 0 unspecified atom stereocenters. The van der Waals surface area contributed by atoms with Crippen LogP contribution in [-0.4, -0.2) is 35.7 Å². The van der Waals surface area contributed by atoms with Gasteiger partial charge in [0.15, 0.2) is 0 Å². The predicted octanol–water partition coefficient (Wildman–Crippen LogP) is 1.24. The van der Waals surface area contributed by atoms with Crippen LogP contribution in [0.2, 0.25) is 0 Å². The number of hydrogen-bond acceptors (Lipinski definition) is 2. The lowest BCUT2D eigenvalue weighted by atomic mass is 10.2. The molecule has 1 fully saturated rings. The summed E-state index contributed by atoms with van der Waals surface area (Å²) in [5.41, 5.74) is 0. The summed E-state index contributed by atoms with van der Waals surface area (Å²) in [4.78, 5) is 2.49. The number of rotatable bonds is 4. The average Bonchev–Trinajstić information content (AvgIpc) is 2.39. The molecule has 66 valence electrons. The Morgan fingerprint density at radius 1 is 1.36 bits per heavy atom. The molecule has 1 heterocycles. The molecule has 0 saturated carbocycles. The van der Waals surface area contributed by atoms with Gasteiger partial charge in [-0.1, -0.05) is 0 Å². The van der Waals surface area contributed by atoms with Crippen LogP contribution in [0.15, 0.2) is 0 Å². The summed E-state index contributed by atoms with van der Waals surface area (Å²) in [5.74, 6) is 0. The van der Waals surface area contributed by atoms with E-state index < -0.39 is 0 Å². The maximum Gasteiger partial charge on any atom is 0.0512 e. The Morgan fingerprint density at radius 3 is 2.55 bits per heavy atom. The van der Waals surface area contributed by atoms with Gasteiger partial charge in [-0.15, -0.1) is 0 Å². The highest BCUT2D eigenvalue weighted by Crippen LogP contribution is 2.08. The first-order chi connectivity index (χ1) is 5.29. The van der Waals surface area contributed by atoms with E-state index in [0.29, 0.717) is 0 Å². The molecule has 0 radical (unpaired) electrons. The highest BCUT2D eigenvalue weighted by Gasteiger charge is 2.10. The minimum atomic E-state index is -0.113. The molecule has 1 rings (SSSR count). The summed E-state index contributed by atoms with van der Waals surface area (Å²) >= 11 is 0. The molecule has 1 N–H and O–H groups in total. The van der Waals surface area contributed by atoms with Crippen molar-refractivity contribution in [2.75, 3.05) is 19.6 Å². The fraction of sp³-hybridized carbons (Fsp3) is 1.00. The van der Waals surface area contributed by atoms with Gasteiger partial charge >= 0.3 is 0 Å². The largest absolute Gasteiger partial charge is 0.393 e. The van der Waals surface area contributed by atoms with E-state index in [1.54, 1.807) is 0 Å². The van der Waals surface area contributed by atoms with Gasteiger partial charge in [-0.3, -0.25) is 0 Å². The third kappa shape index (κ3) is 3.73. The number of hydrogen-bond donors (Lipinski definition) is 1. The van der Waals surface area contributed by atoms with E-state index in [0.717, 1.165) is 12.8 Å². The minimum absolute atomic E-state index is 0.113. The molecule has 2 heteroatoms. The van der Waals surface area contributed by atoms with Gasteiger partial charge < -0.3 is 10.0 Å². The quantitative estimate of drug-likeness (QED) is 0.663. The topological polar surface area (TPSA) is 23.5 Å². The van der Waals surface area contributed by atoms with Gasteiger partial charge in [0.25, 0.3) is 0 Å². The molecule has 0 aromatic rings. The lowest BCUT2D eigenvalue weighted by Gasteiger charge is -2.14. The number of aliphatic hydroxyl groups excluding tert-OH is 1. The van der Waals surface area contributed by atoms with Crippen molar-refractivity contribution < 1.29 is 5.11 Å². The summed E-state index contributed by atoms with van der Waals surface area (Å²) in [6.07, 6.45) is 4.73. The maximum atomic E-state index is 9.01. The first-order valence-electron chi connectivity index (χ1n) is 4.69. The highest BCUT2D eigenvalue weighted by molar-refractivity contribution is 4.65. The van der Waals surface area contributed by atoms with Crippen LogP contribution >= 0.6 is 0 Å². The van der Waals surface area contributed by atoms with E-state index in [4.69, 9.17) is 5.11 Å². The van der Waals surface area contributed by atoms with E-state index in [2.05, 4.69) is 4.90 Å². The molecule has 1 aliphatic heterocycles. The Bertz CT molecular complexity index is 97.7. The van der Waals surface area contributed by atoms with Crippen molar-refractivity contribution in [2.24, 2.45) is 0 Å². The van der Waals surface area contributed by atoms with Gasteiger partial charge in [-0.25, -0.2) is 0 Å². The fourth-order valence-electron chi connectivity index (χ4n) is 1.62. The van der Waals surface area contributed by atoms with Crippen molar-refractivity contribution in [3.8, 4) is 0 Å². The van der Waals surface area contributed by atoms with Crippen LogP contribution in [0, 0.1) is 0 Å². The molecule has 0 spiro atoms. The Hall–Kier alpha value is -0.0800. The van der Waals surface area contributed by atoms with E-state index in [9.17, 15) is 0 Å². The molecule has 0 bridgehead atoms. The molecule has 2 nitrogen and oxygen atoms in total. The van der Waals surface area contributed by atoms with Crippen LogP contribution in [0.25, 0.3) is 0 Å². The zero-order valence-electron chi connectivity index (χ0n) is 7.42. The Kier molecular flexibility index (Phi) is 3.87. The average molecular weight is 157 g/mol. The number of nitrogens with zero attached hydrogens (tertiary/aromatic N) is 1. The first kappa shape index (κ1) is 9.01. The van der Waals surface area contributed by atoms with Gasteiger partial charge in [0.05, 0.1) is 6.10 Å². The van der Waals surface area contributed by atoms with Gasteiger partial charge in [0, 0.05) is 0 Å². The summed E-state index contributed by atoms with van der Waals surface area (Å²) < 4.78 is 0. The standard InChI is InChI=1S/C9H19NO/c1-9(11)5-4-8-10-6-2-3-7-10/h9,11H,2-8H2,1H3/t9-/m1/s1. The fourth-order valence-corrected chi connectivity index (χ4v) is 1.62. The normalized spacial score (nSPS) is 22.4. The maximum absolute atomic E-state index is 9.01. The van der Waals surface area contributed by atoms with Crippen LogP contribution in [-0.2, 0) is 0 Å². The van der Waals surface area contributed by atoms with Crippen LogP contribution < -0.4 is 0 Å². The lowest BCUT2D eigenvalue weighted by molar-refractivity contribution is 0.174. The van der Waals surface area contributed by atoms with Crippen LogP contribution in [0.3, 0.4) is 0 Å². The lowest BCUT2D eigenvalue weighted by Crippen LogP contribution is -2.21. The van der Waals surface area contributed by atoms with Gasteiger partial charge in [-0.05, 0) is 52.2 Å². The third-order valence-corrected chi connectivity index (χ3v) is 2.29. The Labute approximate surface area is 69.2 Å². The van der Waals surface area contributed by atoms with Crippen LogP contribution in [0.1, 0.15) is 32.6 Å². The second kappa shape index (κ2) is 4.73. The van der Waals surface area contributed by atoms with E-state index in [1.165, 1.54) is 32.5 Å². The van der Waals surface area contributed by atoms with Crippen molar-refractivity contribution in [3.05, 3.63) is 0 Å². The van der Waals surface area contributed by atoms with Crippen LogP contribution in [0.5, 0.6) is 0 Å². The number of likely N-dealkylation sites (tertiary alicyclic amines) is 1. The zero-order chi connectivity index (χ0) is 8.10. The second-order valence-electron chi connectivity index (χ2n) is 3.54. The first-order valence-corrected chi connectivity index (χ1v) is 4.69. The molecular formula is C9H19NO. The third-order valence-electron chi connectivity index (χ3n) is 2.29. The predicted molar refractivity (Wildman–Crippen MR) is 46.6 cm³/mol. The smallest absolute Gasteiger partial charge is 0.0512 e. The number of aliphatic hydroxyl groups is 1. The van der Waals surface area contributed by atoms with E-state index >= 15 is 0 Å². The Balaban J connectivity index is 1.94. The molecule has 1 aliphatic rings. The van der Waals surface area contributed by atoms with Crippen molar-refractivity contribution in [1.29, 1.82) is 0 Å². The molecule has 0 aliphatic carbocycles. The van der Waals surface area contributed by atoms with Gasteiger partial charge in [0.1, 0.15) is 0 Å². The van der Waals surface area contributed by atoms with Crippen molar-refractivity contribution in [2.45, 2.75) is 38.7 Å². The van der Waals surface area contributed by atoms with Crippen molar-refractivity contribution in [3.63, 3.8) is 0 Å². The van der Waals surface area contributed by atoms with Gasteiger partial charge in [0.2, 0.25) is 0 Å². The van der Waals surface area contributed by atoms with Crippen molar-refractivity contribution in [1.82, 2.24) is 4.90 Å². The van der Waals surface area contributed by atoms with Crippen molar-refractivity contribution >= 4 is 0 Å². The monoisotopic (exact) mass is 157 g/mol. The molecule has 11 heavy (non-hydrogen) atoms. The molecule has 0 aromatic heterocycles.